The van der Waals surface area contributed by atoms with Crippen molar-refractivity contribution >= 4 is 42.1 Å². The number of aromatic nitrogens is 1. The van der Waals surface area contributed by atoms with Gasteiger partial charge in [0.25, 0.3) is 0 Å². The molecule has 0 unspecified atom stereocenters. The monoisotopic (exact) mass is 455 g/mol. The van der Waals surface area contributed by atoms with E-state index in [-0.39, 0.29) is 24.8 Å². The maximum Gasteiger partial charge on any atom is 0.248 e. The van der Waals surface area contributed by atoms with Gasteiger partial charge in [0.1, 0.15) is 0 Å². The lowest BCUT2D eigenvalue weighted by atomic mass is 10.2. The predicted molar refractivity (Wildman–Crippen MR) is 120 cm³/mol. The molecule has 0 saturated carbocycles. The molecule has 3 aromatic rings. The van der Waals surface area contributed by atoms with Crippen molar-refractivity contribution in [3.63, 3.8) is 0 Å². The number of halogens is 2. The lowest BCUT2D eigenvalue weighted by Gasteiger charge is -2.11. The highest BCUT2D eigenvalue weighted by atomic mass is 35.5. The molecule has 1 amide bonds. The van der Waals surface area contributed by atoms with Crippen LogP contribution in [0, 0.1) is 0 Å². The first-order valence-electron chi connectivity index (χ1n) is 8.49. The number of nitrogens with one attached hydrogen (secondary N) is 1. The van der Waals surface area contributed by atoms with Crippen LogP contribution >= 0.6 is 36.2 Å². The minimum Gasteiger partial charge on any atom is -0.493 e. The summed E-state index contributed by atoms with van der Waals surface area (Å²) in [7, 11) is 1.51. The van der Waals surface area contributed by atoms with Gasteiger partial charge in [0, 0.05) is 35.8 Å². The van der Waals surface area contributed by atoms with Gasteiger partial charge in [-0.15, -0.1) is 36.2 Å². The molecule has 0 bridgehead atoms. The molecular weight excluding hydrogens is 433 g/mol. The molecule has 0 atom stereocenters. The zero-order chi connectivity index (χ0) is 19.1. The second kappa shape index (κ2) is 12.3. The number of hydrogen-bond acceptors (Lipinski definition) is 6. The highest BCUT2D eigenvalue weighted by molar-refractivity contribution is 7.09. The number of pyridine rings is 1. The SMILES string of the molecule is COc1cc(C(N)=O)ccc1Oc1ccc(CNCCc2cccs2)cn1.Cl.Cl. The van der Waals surface area contributed by atoms with Crippen molar-refractivity contribution in [2.45, 2.75) is 13.0 Å². The Morgan fingerprint density at radius 3 is 2.62 bits per heavy atom. The Morgan fingerprint density at radius 1 is 1.17 bits per heavy atom. The molecule has 0 radical (unpaired) electrons. The molecule has 0 aliphatic rings. The number of benzene rings is 1. The molecule has 0 spiro atoms. The maximum atomic E-state index is 11.3. The molecule has 9 heteroatoms. The Labute approximate surface area is 186 Å². The smallest absolute Gasteiger partial charge is 0.248 e. The van der Waals surface area contributed by atoms with Gasteiger partial charge in [-0.3, -0.25) is 4.79 Å². The first-order valence-corrected chi connectivity index (χ1v) is 9.37. The average molecular weight is 456 g/mol. The molecule has 0 aliphatic carbocycles. The summed E-state index contributed by atoms with van der Waals surface area (Å²) in [6.45, 7) is 1.66. The Hall–Kier alpha value is -2.32. The summed E-state index contributed by atoms with van der Waals surface area (Å²) < 4.78 is 11.0. The number of carbonyl (C=O) groups is 1. The molecule has 0 fully saturated rings. The molecule has 0 saturated heterocycles. The van der Waals surface area contributed by atoms with Crippen molar-refractivity contribution < 1.29 is 14.3 Å². The van der Waals surface area contributed by atoms with E-state index in [4.69, 9.17) is 15.2 Å². The van der Waals surface area contributed by atoms with Crippen LogP contribution in [0.3, 0.4) is 0 Å². The van der Waals surface area contributed by atoms with E-state index in [9.17, 15) is 4.79 Å². The van der Waals surface area contributed by atoms with Crippen molar-refractivity contribution in [1.29, 1.82) is 0 Å². The van der Waals surface area contributed by atoms with Gasteiger partial charge in [0.05, 0.1) is 7.11 Å². The zero-order valence-corrected chi connectivity index (χ0v) is 18.2. The van der Waals surface area contributed by atoms with Crippen molar-refractivity contribution in [3.05, 3.63) is 70.0 Å². The molecule has 2 aromatic heterocycles. The van der Waals surface area contributed by atoms with Crippen LogP contribution in [0.5, 0.6) is 17.4 Å². The Balaban J connectivity index is 0.00000210. The van der Waals surface area contributed by atoms with Gasteiger partial charge in [-0.25, -0.2) is 4.98 Å². The topological polar surface area (TPSA) is 86.5 Å². The van der Waals surface area contributed by atoms with E-state index in [1.807, 2.05) is 6.07 Å². The van der Waals surface area contributed by atoms with E-state index in [1.54, 1.807) is 41.8 Å². The largest absolute Gasteiger partial charge is 0.493 e. The third-order valence-electron chi connectivity index (χ3n) is 3.92. The van der Waals surface area contributed by atoms with E-state index in [1.165, 1.54) is 12.0 Å². The number of rotatable bonds is 9. The van der Waals surface area contributed by atoms with Crippen LogP contribution < -0.4 is 20.5 Å². The standard InChI is InChI=1S/C20H21N3O3S.2ClH/c1-25-18-11-15(20(21)24)5-6-17(18)26-19-7-4-14(13-23-19)12-22-9-8-16-3-2-10-27-16;;/h2-7,10-11,13,22H,8-9,12H2,1H3,(H2,21,24);2*1H. The average Bonchev–Trinajstić information content (AvgIpc) is 3.20. The summed E-state index contributed by atoms with van der Waals surface area (Å²) in [4.78, 5) is 17.0. The van der Waals surface area contributed by atoms with Crippen LogP contribution in [-0.4, -0.2) is 24.5 Å². The second-order valence-electron chi connectivity index (χ2n) is 5.84. The van der Waals surface area contributed by atoms with Crippen molar-refractivity contribution in [2.75, 3.05) is 13.7 Å². The lowest BCUT2D eigenvalue weighted by Crippen LogP contribution is -2.16. The number of primary amides is 1. The van der Waals surface area contributed by atoms with E-state index in [0.717, 1.165) is 25.1 Å². The summed E-state index contributed by atoms with van der Waals surface area (Å²) in [6.07, 6.45) is 2.80. The van der Waals surface area contributed by atoms with Crippen LogP contribution in [0.25, 0.3) is 0 Å². The number of carbonyl (C=O) groups excluding carboxylic acids is 1. The Kier molecular flexibility index (Phi) is 10.5. The highest BCUT2D eigenvalue weighted by Crippen LogP contribution is 2.31. The van der Waals surface area contributed by atoms with Crippen molar-refractivity contribution in [2.24, 2.45) is 5.73 Å². The normalized spacial score (nSPS) is 9.83. The fourth-order valence-electron chi connectivity index (χ4n) is 2.49. The Morgan fingerprint density at radius 2 is 2.00 bits per heavy atom. The van der Waals surface area contributed by atoms with Crippen molar-refractivity contribution in [3.8, 4) is 17.4 Å². The first-order chi connectivity index (χ1) is 13.2. The molecular formula is C20H23Cl2N3O3S. The van der Waals surface area contributed by atoms with Crippen LogP contribution in [-0.2, 0) is 13.0 Å². The second-order valence-corrected chi connectivity index (χ2v) is 6.88. The highest BCUT2D eigenvalue weighted by Gasteiger charge is 2.10. The lowest BCUT2D eigenvalue weighted by molar-refractivity contribution is 0.1000. The van der Waals surface area contributed by atoms with Gasteiger partial charge < -0.3 is 20.5 Å². The minimum absolute atomic E-state index is 0. The van der Waals surface area contributed by atoms with Crippen molar-refractivity contribution in [1.82, 2.24) is 10.3 Å². The number of methoxy groups -OCH3 is 1. The van der Waals surface area contributed by atoms with Crippen LogP contribution in [0.15, 0.2) is 54.0 Å². The molecule has 0 aliphatic heterocycles. The molecule has 3 N–H and O–H groups in total. The molecule has 156 valence electrons. The quantitative estimate of drug-likeness (QED) is 0.471. The summed E-state index contributed by atoms with van der Waals surface area (Å²) in [5.74, 6) is 0.820. The van der Waals surface area contributed by atoms with Gasteiger partial charge in [-0.05, 0) is 41.6 Å². The molecule has 3 rings (SSSR count). The molecule has 1 aromatic carbocycles. The summed E-state index contributed by atoms with van der Waals surface area (Å²) in [6, 6.07) is 12.8. The third-order valence-corrected chi connectivity index (χ3v) is 4.85. The Bertz CT molecular complexity index is 890. The van der Waals surface area contributed by atoms with Crippen LogP contribution in [0.1, 0.15) is 20.8 Å². The van der Waals surface area contributed by atoms with E-state index in [2.05, 4.69) is 27.8 Å². The van der Waals surface area contributed by atoms with Gasteiger partial charge in [0.15, 0.2) is 11.5 Å². The first kappa shape index (κ1) is 24.7. The predicted octanol–water partition coefficient (Wildman–Crippen LogP) is 4.22. The van der Waals surface area contributed by atoms with Crippen LogP contribution in [0.4, 0.5) is 0 Å². The fraction of sp³-hybridized carbons (Fsp3) is 0.200. The summed E-state index contributed by atoms with van der Waals surface area (Å²) >= 11 is 1.77. The van der Waals surface area contributed by atoms with E-state index < -0.39 is 5.91 Å². The maximum absolute atomic E-state index is 11.3. The number of thiophene rings is 1. The minimum atomic E-state index is -0.520. The van der Waals surface area contributed by atoms with Gasteiger partial charge in [-0.1, -0.05) is 12.1 Å². The zero-order valence-electron chi connectivity index (χ0n) is 15.8. The van der Waals surface area contributed by atoms with E-state index in [0.29, 0.717) is 22.9 Å². The fourth-order valence-corrected chi connectivity index (χ4v) is 3.20. The number of nitrogens with zero attached hydrogens (tertiary/aromatic N) is 1. The van der Waals surface area contributed by atoms with Gasteiger partial charge in [-0.2, -0.15) is 0 Å². The van der Waals surface area contributed by atoms with E-state index >= 15 is 0 Å². The molecule has 29 heavy (non-hydrogen) atoms. The van der Waals surface area contributed by atoms with Gasteiger partial charge in [0.2, 0.25) is 11.8 Å². The molecule has 6 nitrogen and oxygen atoms in total. The molecule has 2 heterocycles. The number of nitrogens with two attached hydrogens (primary N) is 1. The summed E-state index contributed by atoms with van der Waals surface area (Å²) in [5.41, 5.74) is 6.71. The number of hydrogen-bond donors (Lipinski definition) is 2. The summed E-state index contributed by atoms with van der Waals surface area (Å²) in [5, 5.41) is 5.50. The third kappa shape index (κ3) is 7.21. The van der Waals surface area contributed by atoms with Gasteiger partial charge >= 0.3 is 0 Å². The van der Waals surface area contributed by atoms with Crippen LogP contribution in [0.2, 0.25) is 0 Å². The number of amides is 1. The number of ether oxygens (including phenoxy) is 2.